The molecule has 0 saturated heterocycles. The topological polar surface area (TPSA) is 74.5 Å². The number of nitrogens with one attached hydrogen (secondary N) is 2. The Labute approximate surface area is 138 Å². The highest BCUT2D eigenvalue weighted by molar-refractivity contribution is 14.0. The summed E-state index contributed by atoms with van der Waals surface area (Å²) in [5.41, 5.74) is 2.24. The minimum absolute atomic E-state index is 0. The molecule has 0 atom stereocenters. The zero-order chi connectivity index (χ0) is 14.1. The minimum Gasteiger partial charge on any atom is -0.395 e. The van der Waals surface area contributed by atoms with Crippen molar-refractivity contribution < 1.29 is 5.11 Å². The standard InChI is InChI=1S/C13H25N5O.HI/c1-4-14-13(16-7-9-19)15-6-5-8-18-12(3)10-11(2)17-18;/h10,19H,4-9H2,1-3H3,(H2,14,15,16);1H. The average Bonchev–Trinajstić information content (AvgIpc) is 2.70. The molecule has 20 heavy (non-hydrogen) atoms. The summed E-state index contributed by atoms with van der Waals surface area (Å²) in [5.74, 6) is 0.755. The van der Waals surface area contributed by atoms with E-state index in [1.165, 1.54) is 5.69 Å². The molecule has 0 spiro atoms. The van der Waals surface area contributed by atoms with E-state index in [2.05, 4.69) is 33.7 Å². The van der Waals surface area contributed by atoms with Crippen molar-refractivity contribution in [3.63, 3.8) is 0 Å². The lowest BCUT2D eigenvalue weighted by atomic mass is 10.4. The first-order valence-electron chi connectivity index (χ1n) is 6.81. The molecule has 3 N–H and O–H groups in total. The van der Waals surface area contributed by atoms with Gasteiger partial charge in [-0.15, -0.1) is 24.0 Å². The Hall–Kier alpha value is -0.830. The van der Waals surface area contributed by atoms with Crippen molar-refractivity contribution in [3.05, 3.63) is 17.5 Å². The summed E-state index contributed by atoms with van der Waals surface area (Å²) >= 11 is 0. The van der Waals surface area contributed by atoms with Crippen LogP contribution in [0, 0.1) is 13.8 Å². The van der Waals surface area contributed by atoms with Crippen LogP contribution in [0.15, 0.2) is 11.1 Å². The first-order chi connectivity index (χ1) is 9.17. The van der Waals surface area contributed by atoms with E-state index < -0.39 is 0 Å². The van der Waals surface area contributed by atoms with Crippen molar-refractivity contribution in [1.82, 2.24) is 20.4 Å². The highest BCUT2D eigenvalue weighted by atomic mass is 127. The number of guanidine groups is 1. The third kappa shape index (κ3) is 7.09. The zero-order valence-corrected chi connectivity index (χ0v) is 14.8. The van der Waals surface area contributed by atoms with E-state index in [1.807, 2.05) is 18.5 Å². The molecule has 0 bridgehead atoms. The molecule has 0 aromatic carbocycles. The molecule has 116 valence electrons. The first-order valence-corrected chi connectivity index (χ1v) is 6.81. The molecule has 1 rings (SSSR count). The number of nitrogens with zero attached hydrogens (tertiary/aromatic N) is 3. The van der Waals surface area contributed by atoms with Crippen LogP contribution in [0.5, 0.6) is 0 Å². The second kappa shape index (κ2) is 10.9. The smallest absolute Gasteiger partial charge is 0.191 e. The number of aliphatic imine (C=N–C) groups is 1. The number of aryl methyl sites for hydroxylation is 3. The molecule has 0 aliphatic heterocycles. The molecule has 0 unspecified atom stereocenters. The Morgan fingerprint density at radius 2 is 2.15 bits per heavy atom. The van der Waals surface area contributed by atoms with E-state index in [1.54, 1.807) is 0 Å². The summed E-state index contributed by atoms with van der Waals surface area (Å²) in [6, 6.07) is 2.08. The van der Waals surface area contributed by atoms with Crippen molar-refractivity contribution >= 4 is 29.9 Å². The van der Waals surface area contributed by atoms with Gasteiger partial charge in [-0.25, -0.2) is 0 Å². The van der Waals surface area contributed by atoms with Gasteiger partial charge in [-0.3, -0.25) is 9.67 Å². The Balaban J connectivity index is 0.00000361. The Morgan fingerprint density at radius 1 is 1.40 bits per heavy atom. The van der Waals surface area contributed by atoms with Crippen LogP contribution in [-0.2, 0) is 6.54 Å². The van der Waals surface area contributed by atoms with Gasteiger partial charge in [-0.05, 0) is 33.3 Å². The molecule has 0 aliphatic rings. The molecule has 0 aliphatic carbocycles. The number of aliphatic hydroxyl groups is 1. The molecule has 1 aromatic heterocycles. The Morgan fingerprint density at radius 3 is 2.70 bits per heavy atom. The van der Waals surface area contributed by atoms with Gasteiger partial charge in [-0.1, -0.05) is 0 Å². The Kier molecular flexibility index (Phi) is 10.4. The summed E-state index contributed by atoms with van der Waals surface area (Å²) in [6.45, 7) is 9.14. The largest absolute Gasteiger partial charge is 0.395 e. The fourth-order valence-corrected chi connectivity index (χ4v) is 1.83. The van der Waals surface area contributed by atoms with Crippen LogP contribution in [0.25, 0.3) is 0 Å². The number of halogens is 1. The van der Waals surface area contributed by atoms with Crippen LogP contribution in [0.2, 0.25) is 0 Å². The van der Waals surface area contributed by atoms with E-state index in [4.69, 9.17) is 5.11 Å². The molecule has 6 nitrogen and oxygen atoms in total. The number of aromatic nitrogens is 2. The maximum absolute atomic E-state index is 8.78. The normalized spacial score (nSPS) is 11.1. The quantitative estimate of drug-likeness (QED) is 0.279. The van der Waals surface area contributed by atoms with Crippen molar-refractivity contribution in [2.75, 3.05) is 26.2 Å². The fourth-order valence-electron chi connectivity index (χ4n) is 1.83. The zero-order valence-electron chi connectivity index (χ0n) is 12.5. The van der Waals surface area contributed by atoms with Crippen molar-refractivity contribution in [2.45, 2.75) is 33.7 Å². The Bertz CT molecular complexity index is 405. The lowest BCUT2D eigenvalue weighted by molar-refractivity contribution is 0.300. The van der Waals surface area contributed by atoms with Gasteiger partial charge in [0.2, 0.25) is 0 Å². The molecular weight excluding hydrogens is 369 g/mol. The second-order valence-electron chi connectivity index (χ2n) is 4.41. The van der Waals surface area contributed by atoms with E-state index in [9.17, 15) is 0 Å². The van der Waals surface area contributed by atoms with Crippen LogP contribution in [-0.4, -0.2) is 47.1 Å². The monoisotopic (exact) mass is 395 g/mol. The van der Waals surface area contributed by atoms with Crippen molar-refractivity contribution in [1.29, 1.82) is 0 Å². The maximum Gasteiger partial charge on any atom is 0.191 e. The molecular formula is C13H26IN5O. The van der Waals surface area contributed by atoms with E-state index in [0.717, 1.165) is 37.7 Å². The third-order valence-corrected chi connectivity index (χ3v) is 2.65. The van der Waals surface area contributed by atoms with Crippen LogP contribution >= 0.6 is 24.0 Å². The van der Waals surface area contributed by atoms with Gasteiger partial charge in [0.25, 0.3) is 0 Å². The van der Waals surface area contributed by atoms with Crippen molar-refractivity contribution in [3.8, 4) is 0 Å². The van der Waals surface area contributed by atoms with E-state index >= 15 is 0 Å². The second-order valence-corrected chi connectivity index (χ2v) is 4.41. The highest BCUT2D eigenvalue weighted by Gasteiger charge is 2.00. The third-order valence-electron chi connectivity index (χ3n) is 2.65. The van der Waals surface area contributed by atoms with Gasteiger partial charge >= 0.3 is 0 Å². The summed E-state index contributed by atoms with van der Waals surface area (Å²) in [4.78, 5) is 4.44. The van der Waals surface area contributed by atoms with E-state index in [0.29, 0.717) is 6.54 Å². The minimum atomic E-state index is 0. The van der Waals surface area contributed by atoms with Gasteiger partial charge in [-0.2, -0.15) is 5.10 Å². The van der Waals surface area contributed by atoms with Crippen LogP contribution in [0.3, 0.4) is 0 Å². The van der Waals surface area contributed by atoms with E-state index in [-0.39, 0.29) is 30.6 Å². The summed E-state index contributed by atoms with van der Waals surface area (Å²) in [6.07, 6.45) is 0.942. The molecule has 1 aromatic rings. The van der Waals surface area contributed by atoms with Gasteiger partial charge in [0.05, 0.1) is 12.3 Å². The number of rotatable bonds is 7. The first kappa shape index (κ1) is 19.2. The van der Waals surface area contributed by atoms with Crippen LogP contribution < -0.4 is 10.6 Å². The summed E-state index contributed by atoms with van der Waals surface area (Å²) in [5, 5.41) is 19.4. The van der Waals surface area contributed by atoms with Gasteiger partial charge in [0, 0.05) is 31.9 Å². The number of aliphatic hydroxyl groups excluding tert-OH is 1. The predicted octanol–water partition coefficient (Wildman–Crippen LogP) is 1.06. The molecule has 0 saturated carbocycles. The summed E-state index contributed by atoms with van der Waals surface area (Å²) in [7, 11) is 0. The highest BCUT2D eigenvalue weighted by Crippen LogP contribution is 2.02. The van der Waals surface area contributed by atoms with Gasteiger partial charge in [0.1, 0.15) is 0 Å². The SMILES string of the molecule is CCNC(=NCCCn1nc(C)cc1C)NCCO.I. The maximum atomic E-state index is 8.78. The fraction of sp³-hybridized carbons (Fsp3) is 0.692. The van der Waals surface area contributed by atoms with Crippen LogP contribution in [0.1, 0.15) is 24.7 Å². The molecule has 0 fully saturated rings. The van der Waals surface area contributed by atoms with Gasteiger partial charge < -0.3 is 15.7 Å². The van der Waals surface area contributed by atoms with Crippen molar-refractivity contribution in [2.24, 2.45) is 4.99 Å². The average molecular weight is 395 g/mol. The molecule has 1 heterocycles. The van der Waals surface area contributed by atoms with Crippen LogP contribution in [0.4, 0.5) is 0 Å². The summed E-state index contributed by atoms with van der Waals surface area (Å²) < 4.78 is 2.01. The molecule has 0 radical (unpaired) electrons. The number of hydrogen-bond donors (Lipinski definition) is 3. The molecule has 7 heteroatoms. The van der Waals surface area contributed by atoms with Gasteiger partial charge in [0.15, 0.2) is 5.96 Å². The predicted molar refractivity (Wildman–Crippen MR) is 92.8 cm³/mol. The molecule has 0 amide bonds. The lowest BCUT2D eigenvalue weighted by Crippen LogP contribution is -2.38. The lowest BCUT2D eigenvalue weighted by Gasteiger charge is -2.10. The number of hydrogen-bond acceptors (Lipinski definition) is 3.